The number of amides is 1. The van der Waals surface area contributed by atoms with E-state index in [4.69, 9.17) is 0 Å². The molecule has 1 N–H and O–H groups in total. The molecule has 1 heterocycles. The van der Waals surface area contributed by atoms with E-state index >= 15 is 0 Å². The van der Waals surface area contributed by atoms with Crippen LogP contribution in [0.3, 0.4) is 0 Å². The van der Waals surface area contributed by atoms with Crippen molar-refractivity contribution in [2.24, 2.45) is 11.8 Å². The molecule has 1 saturated carbocycles. The molecule has 0 aromatic heterocycles. The van der Waals surface area contributed by atoms with Crippen LogP contribution in [0.5, 0.6) is 0 Å². The third-order valence-electron chi connectivity index (χ3n) is 3.81. The Kier molecular flexibility index (Phi) is 3.24. The summed E-state index contributed by atoms with van der Waals surface area (Å²) in [4.78, 5) is 14.4. The van der Waals surface area contributed by atoms with E-state index in [2.05, 4.69) is 37.9 Å². The molecule has 3 nitrogen and oxygen atoms in total. The Balaban J connectivity index is 2.07. The summed E-state index contributed by atoms with van der Waals surface area (Å²) in [5.74, 6) is 1.68. The van der Waals surface area contributed by atoms with Crippen LogP contribution in [0.2, 0.25) is 0 Å². The highest BCUT2D eigenvalue weighted by Gasteiger charge is 2.49. The lowest BCUT2D eigenvalue weighted by Gasteiger charge is -2.25. The van der Waals surface area contributed by atoms with Gasteiger partial charge in [-0.2, -0.15) is 0 Å². The van der Waals surface area contributed by atoms with Crippen molar-refractivity contribution < 1.29 is 4.79 Å². The van der Waals surface area contributed by atoms with Crippen LogP contribution in [0.1, 0.15) is 47.0 Å². The number of nitrogens with zero attached hydrogens (tertiary/aromatic N) is 1. The van der Waals surface area contributed by atoms with Crippen molar-refractivity contribution in [1.29, 1.82) is 0 Å². The Morgan fingerprint density at radius 1 is 1.50 bits per heavy atom. The summed E-state index contributed by atoms with van der Waals surface area (Å²) in [6.45, 7) is 8.77. The normalized spacial score (nSPS) is 38.6. The first-order chi connectivity index (χ1) is 7.54. The molecule has 4 unspecified atom stereocenters. The van der Waals surface area contributed by atoms with Gasteiger partial charge >= 0.3 is 0 Å². The smallest absolute Gasteiger partial charge is 0.241 e. The van der Waals surface area contributed by atoms with E-state index in [9.17, 15) is 4.79 Å². The highest BCUT2D eigenvalue weighted by molar-refractivity contribution is 5.85. The first-order valence-corrected chi connectivity index (χ1v) is 6.62. The molecular formula is C13H24N2O. The van der Waals surface area contributed by atoms with E-state index in [0.29, 0.717) is 23.8 Å². The molecule has 4 atom stereocenters. The molecule has 0 spiro atoms. The molecule has 0 radical (unpaired) electrons. The third-order valence-corrected chi connectivity index (χ3v) is 3.81. The molecule has 2 rings (SSSR count). The lowest BCUT2D eigenvalue weighted by molar-refractivity contribution is -0.131. The molecular weight excluding hydrogens is 200 g/mol. The fourth-order valence-corrected chi connectivity index (χ4v) is 2.72. The van der Waals surface area contributed by atoms with E-state index in [0.717, 1.165) is 12.8 Å². The second-order valence-corrected chi connectivity index (χ2v) is 5.80. The number of carbonyl (C=O) groups is 1. The molecule has 16 heavy (non-hydrogen) atoms. The molecule has 1 aliphatic heterocycles. The van der Waals surface area contributed by atoms with Gasteiger partial charge in [-0.25, -0.2) is 0 Å². The molecule has 1 saturated heterocycles. The zero-order chi connectivity index (χ0) is 11.9. The quantitative estimate of drug-likeness (QED) is 0.792. The van der Waals surface area contributed by atoms with Gasteiger partial charge in [0.05, 0.1) is 12.2 Å². The number of hydrogen-bond donors (Lipinski definition) is 1. The average molecular weight is 224 g/mol. The minimum absolute atomic E-state index is 0.0662. The molecule has 2 fully saturated rings. The summed E-state index contributed by atoms with van der Waals surface area (Å²) in [6, 6.07) is 0.580. The highest BCUT2D eigenvalue weighted by atomic mass is 16.2. The van der Waals surface area contributed by atoms with E-state index in [1.54, 1.807) is 0 Å². The largest absolute Gasteiger partial charge is 0.323 e. The minimum atomic E-state index is 0.0662. The van der Waals surface area contributed by atoms with Crippen LogP contribution < -0.4 is 5.32 Å². The predicted octanol–water partition coefficient (Wildman–Crippen LogP) is 1.98. The SMILES string of the molecule is CCC1NC(CC(C)C)N(C2CC2C)C1=O. The molecule has 1 amide bonds. The summed E-state index contributed by atoms with van der Waals surface area (Å²) >= 11 is 0. The molecule has 2 aliphatic rings. The van der Waals surface area contributed by atoms with Gasteiger partial charge in [0, 0.05) is 6.04 Å². The second-order valence-electron chi connectivity index (χ2n) is 5.80. The summed E-state index contributed by atoms with van der Waals surface area (Å²) in [5, 5.41) is 3.49. The summed E-state index contributed by atoms with van der Waals surface area (Å²) < 4.78 is 0. The van der Waals surface area contributed by atoms with Gasteiger partial charge in [0.1, 0.15) is 0 Å². The Morgan fingerprint density at radius 2 is 2.12 bits per heavy atom. The van der Waals surface area contributed by atoms with Crippen molar-refractivity contribution in [3.05, 3.63) is 0 Å². The van der Waals surface area contributed by atoms with Crippen LogP contribution in [0.4, 0.5) is 0 Å². The van der Waals surface area contributed by atoms with Crippen LogP contribution in [0, 0.1) is 11.8 Å². The highest BCUT2D eigenvalue weighted by Crippen LogP contribution is 2.39. The molecule has 3 heteroatoms. The van der Waals surface area contributed by atoms with Gasteiger partial charge in [-0.3, -0.25) is 10.1 Å². The van der Waals surface area contributed by atoms with Crippen LogP contribution in [-0.2, 0) is 4.79 Å². The van der Waals surface area contributed by atoms with E-state index in [1.165, 1.54) is 6.42 Å². The van der Waals surface area contributed by atoms with Gasteiger partial charge < -0.3 is 4.90 Å². The number of hydrogen-bond acceptors (Lipinski definition) is 2. The summed E-state index contributed by atoms with van der Waals surface area (Å²) in [5.41, 5.74) is 0. The summed E-state index contributed by atoms with van der Waals surface area (Å²) in [6.07, 6.45) is 3.46. The summed E-state index contributed by atoms with van der Waals surface area (Å²) in [7, 11) is 0. The van der Waals surface area contributed by atoms with Crippen LogP contribution in [-0.4, -0.2) is 29.1 Å². The number of rotatable bonds is 4. The van der Waals surface area contributed by atoms with Crippen molar-refractivity contribution >= 4 is 5.91 Å². The molecule has 92 valence electrons. The van der Waals surface area contributed by atoms with Crippen LogP contribution in [0.25, 0.3) is 0 Å². The van der Waals surface area contributed by atoms with Crippen LogP contribution in [0.15, 0.2) is 0 Å². The van der Waals surface area contributed by atoms with E-state index < -0.39 is 0 Å². The Labute approximate surface area is 98.6 Å². The number of nitrogens with one attached hydrogen (secondary N) is 1. The monoisotopic (exact) mass is 224 g/mol. The zero-order valence-electron chi connectivity index (χ0n) is 10.9. The second kappa shape index (κ2) is 4.36. The standard InChI is InChI=1S/C13H24N2O/c1-5-10-13(16)15(11-7-9(11)4)12(14-10)6-8(2)3/h8-12,14H,5-7H2,1-4H3. The first kappa shape index (κ1) is 11.9. The van der Waals surface area contributed by atoms with Gasteiger partial charge in [-0.15, -0.1) is 0 Å². The maximum absolute atomic E-state index is 12.2. The fourth-order valence-electron chi connectivity index (χ4n) is 2.72. The average Bonchev–Trinajstić information content (AvgIpc) is 2.81. The van der Waals surface area contributed by atoms with Gasteiger partial charge in [-0.1, -0.05) is 27.7 Å². The van der Waals surface area contributed by atoms with Crippen molar-refractivity contribution in [3.63, 3.8) is 0 Å². The Bertz CT molecular complexity index is 277. The lowest BCUT2D eigenvalue weighted by Crippen LogP contribution is -2.40. The predicted molar refractivity (Wildman–Crippen MR) is 64.9 cm³/mol. The Hall–Kier alpha value is -0.570. The first-order valence-electron chi connectivity index (χ1n) is 6.62. The van der Waals surface area contributed by atoms with Gasteiger partial charge in [0.25, 0.3) is 0 Å². The zero-order valence-corrected chi connectivity index (χ0v) is 10.9. The van der Waals surface area contributed by atoms with Gasteiger partial charge in [0.2, 0.25) is 5.91 Å². The van der Waals surface area contributed by atoms with Crippen molar-refractivity contribution in [2.75, 3.05) is 0 Å². The maximum atomic E-state index is 12.2. The lowest BCUT2D eigenvalue weighted by atomic mass is 10.1. The minimum Gasteiger partial charge on any atom is -0.323 e. The van der Waals surface area contributed by atoms with Crippen molar-refractivity contribution in [3.8, 4) is 0 Å². The Morgan fingerprint density at radius 3 is 2.56 bits per heavy atom. The van der Waals surface area contributed by atoms with Gasteiger partial charge in [0.15, 0.2) is 0 Å². The molecule has 0 aromatic rings. The number of carbonyl (C=O) groups excluding carboxylic acids is 1. The van der Waals surface area contributed by atoms with E-state index in [1.807, 2.05) is 0 Å². The molecule has 0 aromatic carbocycles. The molecule has 0 bridgehead atoms. The third kappa shape index (κ3) is 2.10. The fraction of sp³-hybridized carbons (Fsp3) is 0.923. The van der Waals surface area contributed by atoms with Gasteiger partial charge in [-0.05, 0) is 31.1 Å². The van der Waals surface area contributed by atoms with Crippen LogP contribution >= 0.6 is 0 Å². The van der Waals surface area contributed by atoms with E-state index in [-0.39, 0.29) is 12.2 Å². The van der Waals surface area contributed by atoms with Crippen molar-refractivity contribution in [2.45, 2.75) is 65.2 Å². The topological polar surface area (TPSA) is 32.3 Å². The van der Waals surface area contributed by atoms with Crippen molar-refractivity contribution in [1.82, 2.24) is 10.2 Å². The molecule has 1 aliphatic carbocycles. The maximum Gasteiger partial charge on any atom is 0.241 e.